The van der Waals surface area contributed by atoms with Crippen molar-refractivity contribution in [3.05, 3.63) is 52.8 Å². The van der Waals surface area contributed by atoms with Crippen LogP contribution in [0.4, 0.5) is 14.5 Å². The molecule has 2 heterocycles. The number of hydrogen-bond acceptors (Lipinski definition) is 4. The zero-order valence-electron chi connectivity index (χ0n) is 12.9. The van der Waals surface area contributed by atoms with E-state index in [1.54, 1.807) is 24.4 Å². The van der Waals surface area contributed by atoms with E-state index < -0.39 is 6.61 Å². The first-order valence-electron chi connectivity index (χ1n) is 7.52. The lowest BCUT2D eigenvalue weighted by molar-refractivity contribution is -0.0508. The number of aromatic nitrogens is 1. The van der Waals surface area contributed by atoms with Crippen LogP contribution >= 0.6 is 0 Å². The van der Waals surface area contributed by atoms with E-state index in [1.807, 2.05) is 13.0 Å². The highest BCUT2D eigenvalue weighted by atomic mass is 19.3. The number of benzene rings is 1. The van der Waals surface area contributed by atoms with E-state index in [-0.39, 0.29) is 5.75 Å². The molecule has 1 aliphatic rings. The molecule has 1 aliphatic heterocycles. The zero-order valence-corrected chi connectivity index (χ0v) is 12.9. The number of ether oxygens (including phenoxy) is 1. The van der Waals surface area contributed by atoms with E-state index in [0.717, 1.165) is 41.0 Å². The number of rotatable bonds is 4. The Balaban J connectivity index is 1.80. The first-order chi connectivity index (χ1) is 11.0. The van der Waals surface area contributed by atoms with Gasteiger partial charge < -0.3 is 10.5 Å². The standard InChI is InChI=1S/C17H19F2N3O/c1-11-2-3-16(23-17(18)19)12(8-11)9-22-7-5-15-13(10-22)14(20)4-6-21-15/h2-4,6,8,17H,5,7,9-10H2,1H3,(H2,20,21). The fourth-order valence-corrected chi connectivity index (χ4v) is 2.94. The second-order valence-corrected chi connectivity index (χ2v) is 5.78. The summed E-state index contributed by atoms with van der Waals surface area (Å²) in [5, 5.41) is 0. The van der Waals surface area contributed by atoms with Crippen LogP contribution in [0.1, 0.15) is 22.4 Å². The fourth-order valence-electron chi connectivity index (χ4n) is 2.94. The SMILES string of the molecule is Cc1ccc(OC(F)F)c(CN2CCc3nccc(N)c3C2)c1. The summed E-state index contributed by atoms with van der Waals surface area (Å²) in [6.45, 7) is 1.13. The summed E-state index contributed by atoms with van der Waals surface area (Å²) < 4.78 is 29.8. The molecule has 0 saturated heterocycles. The Morgan fingerprint density at radius 3 is 2.96 bits per heavy atom. The van der Waals surface area contributed by atoms with Crippen molar-refractivity contribution in [1.29, 1.82) is 0 Å². The minimum atomic E-state index is -2.82. The Labute approximate surface area is 133 Å². The first kappa shape index (κ1) is 15.7. The fraction of sp³-hybridized carbons (Fsp3) is 0.353. The highest BCUT2D eigenvalue weighted by Crippen LogP contribution is 2.27. The second kappa shape index (κ2) is 6.50. The third kappa shape index (κ3) is 3.59. The number of fused-ring (bicyclic) bond motifs is 1. The summed E-state index contributed by atoms with van der Waals surface area (Å²) >= 11 is 0. The van der Waals surface area contributed by atoms with Gasteiger partial charge in [-0.25, -0.2) is 0 Å². The number of nitrogens with two attached hydrogens (primary N) is 1. The first-order valence-corrected chi connectivity index (χ1v) is 7.52. The van der Waals surface area contributed by atoms with Crippen molar-refractivity contribution in [3.8, 4) is 5.75 Å². The lowest BCUT2D eigenvalue weighted by Gasteiger charge is -2.29. The molecule has 4 nitrogen and oxygen atoms in total. The number of halogens is 2. The molecule has 3 rings (SSSR count). The van der Waals surface area contributed by atoms with Crippen molar-refractivity contribution in [3.63, 3.8) is 0 Å². The maximum absolute atomic E-state index is 12.6. The van der Waals surface area contributed by atoms with E-state index in [9.17, 15) is 8.78 Å². The van der Waals surface area contributed by atoms with Crippen molar-refractivity contribution in [2.75, 3.05) is 12.3 Å². The number of nitrogen functional groups attached to an aromatic ring is 1. The smallest absolute Gasteiger partial charge is 0.387 e. The van der Waals surface area contributed by atoms with Gasteiger partial charge in [-0.05, 0) is 19.1 Å². The second-order valence-electron chi connectivity index (χ2n) is 5.78. The van der Waals surface area contributed by atoms with E-state index in [1.165, 1.54) is 0 Å². The molecule has 1 aromatic carbocycles. The van der Waals surface area contributed by atoms with Crippen LogP contribution in [0.5, 0.6) is 5.75 Å². The van der Waals surface area contributed by atoms with Crippen molar-refractivity contribution in [2.45, 2.75) is 33.0 Å². The predicted molar refractivity (Wildman–Crippen MR) is 84.3 cm³/mol. The number of pyridine rings is 1. The van der Waals surface area contributed by atoms with Crippen molar-refractivity contribution in [1.82, 2.24) is 9.88 Å². The normalized spacial score (nSPS) is 14.8. The number of aryl methyl sites for hydroxylation is 1. The van der Waals surface area contributed by atoms with Gasteiger partial charge in [0.25, 0.3) is 0 Å². The third-order valence-electron chi connectivity index (χ3n) is 4.05. The van der Waals surface area contributed by atoms with Gasteiger partial charge in [-0.1, -0.05) is 17.7 Å². The van der Waals surface area contributed by atoms with Crippen LogP contribution in [0.2, 0.25) is 0 Å². The van der Waals surface area contributed by atoms with Gasteiger partial charge in [0.2, 0.25) is 0 Å². The van der Waals surface area contributed by atoms with Crippen molar-refractivity contribution >= 4 is 5.69 Å². The average Bonchev–Trinajstić information content (AvgIpc) is 2.50. The van der Waals surface area contributed by atoms with Crippen LogP contribution < -0.4 is 10.5 Å². The Morgan fingerprint density at radius 1 is 1.35 bits per heavy atom. The van der Waals surface area contributed by atoms with Crippen LogP contribution in [0.3, 0.4) is 0 Å². The molecule has 2 N–H and O–H groups in total. The van der Waals surface area contributed by atoms with Gasteiger partial charge in [0.15, 0.2) is 0 Å². The molecule has 122 valence electrons. The van der Waals surface area contributed by atoms with Crippen LogP contribution in [0.25, 0.3) is 0 Å². The zero-order chi connectivity index (χ0) is 16.4. The molecule has 2 aromatic rings. The summed E-state index contributed by atoms with van der Waals surface area (Å²) in [6, 6.07) is 7.05. The van der Waals surface area contributed by atoms with E-state index in [0.29, 0.717) is 13.1 Å². The summed E-state index contributed by atoms with van der Waals surface area (Å²) in [5.74, 6) is 0.232. The maximum atomic E-state index is 12.6. The van der Waals surface area contributed by atoms with Gasteiger partial charge in [0.05, 0.1) is 0 Å². The van der Waals surface area contributed by atoms with Gasteiger partial charge in [-0.2, -0.15) is 8.78 Å². The Kier molecular flexibility index (Phi) is 4.43. The molecule has 0 bridgehead atoms. The van der Waals surface area contributed by atoms with Crippen LogP contribution in [0.15, 0.2) is 30.5 Å². The van der Waals surface area contributed by atoms with Gasteiger partial charge in [-0.15, -0.1) is 0 Å². The molecule has 0 aliphatic carbocycles. The topological polar surface area (TPSA) is 51.4 Å². The van der Waals surface area contributed by atoms with E-state index in [4.69, 9.17) is 5.73 Å². The largest absolute Gasteiger partial charge is 0.434 e. The number of nitrogens with zero attached hydrogens (tertiary/aromatic N) is 2. The quantitative estimate of drug-likeness (QED) is 0.941. The summed E-state index contributed by atoms with van der Waals surface area (Å²) in [6.07, 6.45) is 2.52. The highest BCUT2D eigenvalue weighted by Gasteiger charge is 2.21. The predicted octanol–water partition coefficient (Wildman–Crippen LogP) is 3.13. The molecule has 0 saturated carbocycles. The Bertz CT molecular complexity index is 706. The highest BCUT2D eigenvalue weighted by molar-refractivity contribution is 5.49. The number of anilines is 1. The van der Waals surface area contributed by atoms with Crippen LogP contribution in [-0.4, -0.2) is 23.0 Å². The molecule has 0 radical (unpaired) electrons. The van der Waals surface area contributed by atoms with Crippen LogP contribution in [0, 0.1) is 6.92 Å². The summed E-state index contributed by atoms with van der Waals surface area (Å²) in [7, 11) is 0. The number of alkyl halides is 2. The van der Waals surface area contributed by atoms with Gasteiger partial charge in [0.1, 0.15) is 5.75 Å². The minimum absolute atomic E-state index is 0.232. The maximum Gasteiger partial charge on any atom is 0.387 e. The van der Waals surface area contributed by atoms with Gasteiger partial charge in [0, 0.05) is 54.8 Å². The van der Waals surface area contributed by atoms with Crippen molar-refractivity contribution in [2.24, 2.45) is 0 Å². The molecule has 6 heteroatoms. The monoisotopic (exact) mass is 319 g/mol. The molecule has 0 unspecified atom stereocenters. The average molecular weight is 319 g/mol. The van der Waals surface area contributed by atoms with Crippen molar-refractivity contribution < 1.29 is 13.5 Å². The molecular formula is C17H19F2N3O. The molecule has 1 aromatic heterocycles. The molecule has 0 spiro atoms. The van der Waals surface area contributed by atoms with Crippen LogP contribution in [-0.2, 0) is 19.5 Å². The molecule has 23 heavy (non-hydrogen) atoms. The summed E-state index contributed by atoms with van der Waals surface area (Å²) in [5.41, 5.74) is 10.6. The Hall–Kier alpha value is -2.21. The number of hydrogen-bond donors (Lipinski definition) is 1. The molecule has 0 amide bonds. The molecule has 0 atom stereocenters. The Morgan fingerprint density at radius 2 is 2.17 bits per heavy atom. The summed E-state index contributed by atoms with van der Waals surface area (Å²) in [4.78, 5) is 6.54. The molecule has 0 fully saturated rings. The van der Waals surface area contributed by atoms with Gasteiger partial charge >= 0.3 is 6.61 Å². The lowest BCUT2D eigenvalue weighted by Crippen LogP contribution is -2.31. The van der Waals surface area contributed by atoms with Gasteiger partial charge in [-0.3, -0.25) is 9.88 Å². The lowest BCUT2D eigenvalue weighted by atomic mass is 10.0. The minimum Gasteiger partial charge on any atom is -0.434 e. The van der Waals surface area contributed by atoms with E-state index in [2.05, 4.69) is 14.6 Å². The van der Waals surface area contributed by atoms with E-state index >= 15 is 0 Å². The molecular weight excluding hydrogens is 300 g/mol. The third-order valence-corrected chi connectivity index (χ3v) is 4.05.